The first-order valence-corrected chi connectivity index (χ1v) is 14.3. The summed E-state index contributed by atoms with van der Waals surface area (Å²) in [6.45, 7) is 0.587. The minimum Gasteiger partial charge on any atom is -0.503 e. The zero-order valence-corrected chi connectivity index (χ0v) is 26.2. The summed E-state index contributed by atoms with van der Waals surface area (Å²) in [4.78, 5) is 42.4. The Balaban J connectivity index is 0.000000300. The van der Waals surface area contributed by atoms with Gasteiger partial charge >= 0.3 is 11.9 Å². The van der Waals surface area contributed by atoms with E-state index in [2.05, 4.69) is 26.1 Å². The Labute approximate surface area is 272 Å². The van der Waals surface area contributed by atoms with Crippen molar-refractivity contribution in [3.63, 3.8) is 0 Å². The van der Waals surface area contributed by atoms with Crippen LogP contribution in [0, 0.1) is 11.3 Å². The van der Waals surface area contributed by atoms with Crippen LogP contribution in [-0.2, 0) is 35.0 Å². The summed E-state index contributed by atoms with van der Waals surface area (Å²) in [7, 11) is 4.03. The minimum atomic E-state index is -0.576. The largest absolute Gasteiger partial charge is 0.503 e. The van der Waals surface area contributed by atoms with E-state index < -0.39 is 5.97 Å². The van der Waals surface area contributed by atoms with Crippen LogP contribution >= 0.6 is 0 Å². The van der Waals surface area contributed by atoms with Gasteiger partial charge in [0.15, 0.2) is 0 Å². The number of methoxy groups -OCH3 is 3. The molecule has 0 saturated heterocycles. The van der Waals surface area contributed by atoms with Gasteiger partial charge in [-0.15, -0.1) is 0 Å². The van der Waals surface area contributed by atoms with Gasteiger partial charge in [-0.1, -0.05) is 60.7 Å². The number of aromatic nitrogens is 2. The van der Waals surface area contributed by atoms with Gasteiger partial charge in [-0.05, 0) is 30.2 Å². The molecular formula is C35H34N4O8. The van der Waals surface area contributed by atoms with E-state index in [4.69, 9.17) is 18.9 Å². The van der Waals surface area contributed by atoms with Crippen LogP contribution in [0.15, 0.2) is 97.5 Å². The van der Waals surface area contributed by atoms with E-state index in [0.29, 0.717) is 29.2 Å². The lowest BCUT2D eigenvalue weighted by Crippen LogP contribution is -2.26. The van der Waals surface area contributed by atoms with E-state index in [1.54, 1.807) is 48.5 Å². The molecule has 242 valence electrons. The molecule has 1 aromatic heterocycles. The average Bonchev–Trinajstić information content (AvgIpc) is 3.10. The molecule has 1 N–H and O–H groups in total. The third-order valence-corrected chi connectivity index (χ3v) is 6.23. The molecule has 12 nitrogen and oxygen atoms in total. The Morgan fingerprint density at radius 3 is 2.11 bits per heavy atom. The first-order chi connectivity index (χ1) is 22.9. The van der Waals surface area contributed by atoms with Crippen LogP contribution in [0.25, 0.3) is 5.57 Å². The minimum absolute atomic E-state index is 0.119. The standard InChI is InChI=1S/C22H17N3O5.C13H17NO3/c1-27-13-17(22(26)28-2)16-8-4-6-10-19(16)30-21-11-20(24-14-25-21)29-18-9-5-3-7-15(18)12-23;1-17-13(16)8-7-12(15)14-10-9-11-5-3-2-4-6-11/h3-11,13-14H,1-2H3;2-6H,7-10H2,1H3,(H,14,15)/b17-13+;. The maximum absolute atomic E-state index is 12.1. The predicted molar refractivity (Wildman–Crippen MR) is 171 cm³/mol. The smallest absolute Gasteiger partial charge is 0.341 e. The second-order valence-electron chi connectivity index (χ2n) is 9.42. The number of para-hydroxylation sites is 2. The van der Waals surface area contributed by atoms with Gasteiger partial charge in [0.1, 0.15) is 29.5 Å². The first kappa shape index (κ1) is 35.3. The molecule has 4 rings (SSSR count). The third-order valence-electron chi connectivity index (χ3n) is 6.23. The molecule has 0 saturated carbocycles. The third kappa shape index (κ3) is 11.7. The molecule has 1 amide bonds. The monoisotopic (exact) mass is 638 g/mol. The Kier molecular flexibility index (Phi) is 14.4. The maximum atomic E-state index is 12.1. The van der Waals surface area contributed by atoms with Crippen LogP contribution in [0.1, 0.15) is 29.5 Å². The van der Waals surface area contributed by atoms with Crippen molar-refractivity contribution in [2.75, 3.05) is 27.9 Å². The number of carbonyl (C=O) groups is 3. The molecule has 4 aromatic rings. The molecule has 0 fully saturated rings. The molecule has 0 aliphatic heterocycles. The fraction of sp³-hybridized carbons (Fsp3) is 0.200. The second kappa shape index (κ2) is 19.2. The zero-order valence-electron chi connectivity index (χ0n) is 26.2. The molecule has 0 bridgehead atoms. The summed E-state index contributed by atoms with van der Waals surface area (Å²) < 4.78 is 25.8. The lowest BCUT2D eigenvalue weighted by atomic mass is 10.1. The highest BCUT2D eigenvalue weighted by Gasteiger charge is 2.18. The number of esters is 2. The van der Waals surface area contributed by atoms with Crippen LogP contribution in [0.5, 0.6) is 23.3 Å². The summed E-state index contributed by atoms with van der Waals surface area (Å²) in [5.74, 6) is 0.0425. The summed E-state index contributed by atoms with van der Waals surface area (Å²) >= 11 is 0. The van der Waals surface area contributed by atoms with Crippen molar-refractivity contribution >= 4 is 23.4 Å². The second-order valence-corrected chi connectivity index (χ2v) is 9.42. The fourth-order valence-corrected chi connectivity index (χ4v) is 3.93. The van der Waals surface area contributed by atoms with Crippen molar-refractivity contribution in [3.05, 3.63) is 114 Å². The van der Waals surface area contributed by atoms with E-state index >= 15 is 0 Å². The highest BCUT2D eigenvalue weighted by atomic mass is 16.5. The van der Waals surface area contributed by atoms with Crippen LogP contribution in [-0.4, -0.2) is 55.7 Å². The molecule has 3 aromatic carbocycles. The Hall–Kier alpha value is -6.22. The van der Waals surface area contributed by atoms with Crippen molar-refractivity contribution in [2.24, 2.45) is 0 Å². The highest BCUT2D eigenvalue weighted by Crippen LogP contribution is 2.32. The van der Waals surface area contributed by atoms with Crippen molar-refractivity contribution in [3.8, 4) is 29.3 Å². The predicted octanol–water partition coefficient (Wildman–Crippen LogP) is 5.39. The van der Waals surface area contributed by atoms with Crippen LogP contribution in [0.2, 0.25) is 0 Å². The molecule has 12 heteroatoms. The molecular weight excluding hydrogens is 604 g/mol. The van der Waals surface area contributed by atoms with Gasteiger partial charge in [-0.25, -0.2) is 14.8 Å². The number of amides is 1. The topological polar surface area (TPSA) is 159 Å². The number of rotatable bonds is 13. The number of ether oxygens (including phenoxy) is 5. The summed E-state index contributed by atoms with van der Waals surface area (Å²) in [6, 6.07) is 27.1. The van der Waals surface area contributed by atoms with Gasteiger partial charge in [0, 0.05) is 18.5 Å². The Bertz CT molecular complexity index is 1700. The summed E-state index contributed by atoms with van der Waals surface area (Å²) in [6.07, 6.45) is 3.66. The SMILES string of the molecule is CO/C=C(/C(=O)OC)c1ccccc1Oc1cc(Oc2ccccc2C#N)ncn1.COC(=O)CCC(=O)NCCc1ccccc1. The fourth-order valence-electron chi connectivity index (χ4n) is 3.93. The number of benzene rings is 3. The van der Waals surface area contributed by atoms with Gasteiger partial charge in [0.05, 0.1) is 45.6 Å². The van der Waals surface area contributed by atoms with E-state index in [1.807, 2.05) is 30.3 Å². The van der Waals surface area contributed by atoms with Crippen molar-refractivity contribution < 1.29 is 38.1 Å². The number of hydrogen-bond acceptors (Lipinski definition) is 11. The Morgan fingerprint density at radius 2 is 1.45 bits per heavy atom. The number of nitriles is 1. The number of carbonyl (C=O) groups excluding carboxylic acids is 3. The number of hydrogen-bond donors (Lipinski definition) is 1. The van der Waals surface area contributed by atoms with Crippen molar-refractivity contribution in [1.29, 1.82) is 5.26 Å². The van der Waals surface area contributed by atoms with Crippen molar-refractivity contribution in [2.45, 2.75) is 19.3 Å². The quantitative estimate of drug-likeness (QED) is 0.114. The van der Waals surface area contributed by atoms with Gasteiger partial charge in [-0.3, -0.25) is 9.59 Å². The molecule has 0 unspecified atom stereocenters. The van der Waals surface area contributed by atoms with Gasteiger partial charge < -0.3 is 29.0 Å². The molecule has 0 radical (unpaired) electrons. The molecule has 0 spiro atoms. The van der Waals surface area contributed by atoms with Crippen LogP contribution < -0.4 is 14.8 Å². The zero-order chi connectivity index (χ0) is 33.9. The molecule has 0 aliphatic rings. The first-order valence-electron chi connectivity index (χ1n) is 14.3. The van der Waals surface area contributed by atoms with Crippen LogP contribution in [0.3, 0.4) is 0 Å². The Morgan fingerprint density at radius 1 is 0.809 bits per heavy atom. The summed E-state index contributed by atoms with van der Waals surface area (Å²) in [5.41, 5.74) is 2.20. The van der Waals surface area contributed by atoms with Crippen molar-refractivity contribution in [1.82, 2.24) is 15.3 Å². The number of nitrogens with one attached hydrogen (secondary N) is 1. The highest BCUT2D eigenvalue weighted by molar-refractivity contribution is 6.17. The lowest BCUT2D eigenvalue weighted by molar-refractivity contribution is -0.142. The van der Waals surface area contributed by atoms with Crippen LogP contribution in [0.4, 0.5) is 0 Å². The van der Waals surface area contributed by atoms with E-state index in [-0.39, 0.29) is 42.1 Å². The lowest BCUT2D eigenvalue weighted by Gasteiger charge is -2.12. The molecule has 0 aliphatic carbocycles. The molecule has 0 atom stereocenters. The van der Waals surface area contributed by atoms with E-state index in [0.717, 1.165) is 6.42 Å². The average molecular weight is 639 g/mol. The molecule has 1 heterocycles. The number of nitrogens with zero attached hydrogens (tertiary/aromatic N) is 3. The normalized spacial score (nSPS) is 10.3. The van der Waals surface area contributed by atoms with Gasteiger partial charge in [0.2, 0.25) is 17.7 Å². The van der Waals surface area contributed by atoms with Gasteiger partial charge in [-0.2, -0.15) is 5.26 Å². The van der Waals surface area contributed by atoms with E-state index in [9.17, 15) is 19.6 Å². The summed E-state index contributed by atoms with van der Waals surface area (Å²) in [5, 5.41) is 12.0. The van der Waals surface area contributed by atoms with E-state index in [1.165, 1.54) is 45.5 Å². The maximum Gasteiger partial charge on any atom is 0.341 e. The molecule has 47 heavy (non-hydrogen) atoms. The van der Waals surface area contributed by atoms with Gasteiger partial charge in [0.25, 0.3) is 0 Å².